The predicted molar refractivity (Wildman–Crippen MR) is 78.9 cm³/mol. The molecule has 0 unspecified atom stereocenters. The van der Waals surface area contributed by atoms with Gasteiger partial charge in [-0.15, -0.1) is 0 Å². The van der Waals surface area contributed by atoms with Crippen LogP contribution in [0.15, 0.2) is 30.7 Å². The van der Waals surface area contributed by atoms with Crippen molar-refractivity contribution in [1.82, 2.24) is 14.4 Å². The molecule has 2 heterocycles. The Balaban J connectivity index is 2.09. The quantitative estimate of drug-likeness (QED) is 0.720. The van der Waals surface area contributed by atoms with Crippen LogP contribution in [0.25, 0.3) is 5.65 Å². The molecule has 2 N–H and O–H groups in total. The molecule has 0 aliphatic carbocycles. The molecule has 0 fully saturated rings. The summed E-state index contributed by atoms with van der Waals surface area (Å²) in [7, 11) is 0. The lowest BCUT2D eigenvalue weighted by Gasteiger charge is -2.09. The normalized spacial score (nSPS) is 10.9. The standard InChI is InChI=1S/C12H7Cl3N4O/c13-6-3-8(15)9(4-7(6)14)20-12-11-17-1-2-19(11)5-10(16)18-12/h1-5H,16H2. The molecule has 0 aliphatic rings. The molecule has 102 valence electrons. The average molecular weight is 330 g/mol. The number of nitrogens with zero attached hydrogens (tertiary/aromatic N) is 3. The van der Waals surface area contributed by atoms with Crippen LogP contribution in [-0.2, 0) is 0 Å². The van der Waals surface area contributed by atoms with Crippen LogP contribution < -0.4 is 10.5 Å². The highest BCUT2D eigenvalue weighted by Crippen LogP contribution is 2.36. The van der Waals surface area contributed by atoms with Crippen LogP contribution in [0, 0.1) is 0 Å². The number of ether oxygens (including phenoxy) is 1. The van der Waals surface area contributed by atoms with Gasteiger partial charge in [-0.2, -0.15) is 4.98 Å². The number of nitrogen functional groups attached to an aromatic ring is 1. The van der Waals surface area contributed by atoms with Crippen molar-refractivity contribution in [3.8, 4) is 11.6 Å². The lowest BCUT2D eigenvalue weighted by Crippen LogP contribution is -1.99. The summed E-state index contributed by atoms with van der Waals surface area (Å²) < 4.78 is 7.35. The average Bonchev–Trinajstić information content (AvgIpc) is 2.84. The van der Waals surface area contributed by atoms with Gasteiger partial charge in [0.15, 0.2) is 0 Å². The third-order valence-electron chi connectivity index (χ3n) is 2.54. The zero-order valence-corrected chi connectivity index (χ0v) is 12.1. The van der Waals surface area contributed by atoms with E-state index in [4.69, 9.17) is 45.3 Å². The van der Waals surface area contributed by atoms with Gasteiger partial charge in [0.1, 0.15) is 11.6 Å². The molecule has 8 heteroatoms. The summed E-state index contributed by atoms with van der Waals surface area (Å²) in [5, 5.41) is 0.984. The fourth-order valence-corrected chi connectivity index (χ4v) is 2.25. The highest BCUT2D eigenvalue weighted by molar-refractivity contribution is 6.43. The Kier molecular flexibility index (Phi) is 3.33. The molecule has 2 aromatic heterocycles. The SMILES string of the molecule is Nc1cn2ccnc2c(Oc2cc(Cl)c(Cl)cc2Cl)n1. The summed E-state index contributed by atoms with van der Waals surface area (Å²) in [5.74, 6) is 0.848. The van der Waals surface area contributed by atoms with E-state index in [1.807, 2.05) is 0 Å². The molecule has 20 heavy (non-hydrogen) atoms. The number of aromatic nitrogens is 3. The Hall–Kier alpha value is -1.69. The molecule has 0 spiro atoms. The first-order chi connectivity index (χ1) is 9.54. The highest BCUT2D eigenvalue weighted by Gasteiger charge is 2.13. The second kappa shape index (κ2) is 5.01. The maximum atomic E-state index is 6.06. The Labute approximate surface area is 128 Å². The van der Waals surface area contributed by atoms with Crippen LogP contribution in [0.2, 0.25) is 15.1 Å². The minimum Gasteiger partial charge on any atom is -0.434 e. The van der Waals surface area contributed by atoms with Crippen molar-refractivity contribution in [2.24, 2.45) is 0 Å². The van der Waals surface area contributed by atoms with Crippen LogP contribution in [0.5, 0.6) is 11.6 Å². The predicted octanol–water partition coefficient (Wildman–Crippen LogP) is 4.06. The number of hydrogen-bond donors (Lipinski definition) is 1. The molecule has 0 aliphatic heterocycles. The van der Waals surface area contributed by atoms with E-state index in [0.29, 0.717) is 32.3 Å². The van der Waals surface area contributed by atoms with E-state index >= 15 is 0 Å². The highest BCUT2D eigenvalue weighted by atomic mass is 35.5. The van der Waals surface area contributed by atoms with Crippen molar-refractivity contribution >= 4 is 46.3 Å². The summed E-state index contributed by atoms with van der Waals surface area (Å²) in [6.07, 6.45) is 4.97. The number of benzene rings is 1. The van der Waals surface area contributed by atoms with Crippen LogP contribution in [0.4, 0.5) is 5.82 Å². The minimum atomic E-state index is 0.232. The summed E-state index contributed by atoms with van der Waals surface area (Å²) in [6.45, 7) is 0. The van der Waals surface area contributed by atoms with Gasteiger partial charge in [-0.25, -0.2) is 4.98 Å². The van der Waals surface area contributed by atoms with Crippen LogP contribution in [0.1, 0.15) is 0 Å². The first-order valence-electron chi connectivity index (χ1n) is 5.46. The molecule has 1 aromatic carbocycles. The molecule has 0 radical (unpaired) electrons. The van der Waals surface area contributed by atoms with Crippen molar-refractivity contribution < 1.29 is 4.74 Å². The maximum Gasteiger partial charge on any atom is 0.265 e. The van der Waals surface area contributed by atoms with Crippen LogP contribution >= 0.6 is 34.8 Å². The van der Waals surface area contributed by atoms with Crippen molar-refractivity contribution in [3.63, 3.8) is 0 Å². The second-order valence-corrected chi connectivity index (χ2v) is 5.15. The van der Waals surface area contributed by atoms with Gasteiger partial charge in [0, 0.05) is 18.5 Å². The number of nitrogens with two attached hydrogens (primary N) is 1. The molecule has 5 nitrogen and oxygen atoms in total. The van der Waals surface area contributed by atoms with Crippen molar-refractivity contribution in [2.75, 3.05) is 5.73 Å². The second-order valence-electron chi connectivity index (χ2n) is 3.93. The molecule has 3 rings (SSSR count). The maximum absolute atomic E-state index is 6.06. The van der Waals surface area contributed by atoms with Crippen LogP contribution in [0.3, 0.4) is 0 Å². The van der Waals surface area contributed by atoms with E-state index in [9.17, 15) is 0 Å². The van der Waals surface area contributed by atoms with Gasteiger partial charge < -0.3 is 10.5 Å². The van der Waals surface area contributed by atoms with Gasteiger partial charge in [-0.3, -0.25) is 4.40 Å². The summed E-state index contributed by atoms with van der Waals surface area (Å²) in [4.78, 5) is 8.24. The number of hydrogen-bond acceptors (Lipinski definition) is 4. The smallest absolute Gasteiger partial charge is 0.265 e. The van der Waals surface area contributed by atoms with Gasteiger partial charge in [0.2, 0.25) is 5.65 Å². The topological polar surface area (TPSA) is 65.4 Å². The minimum absolute atomic E-state index is 0.232. The lowest BCUT2D eigenvalue weighted by atomic mass is 10.3. The van der Waals surface area contributed by atoms with Gasteiger partial charge in [0.05, 0.1) is 21.3 Å². The molecular formula is C12H7Cl3N4O. The fourth-order valence-electron chi connectivity index (χ4n) is 1.68. The molecule has 0 atom stereocenters. The fraction of sp³-hybridized carbons (Fsp3) is 0. The zero-order valence-electron chi connectivity index (χ0n) is 9.85. The van der Waals surface area contributed by atoms with Crippen LogP contribution in [-0.4, -0.2) is 14.4 Å². The number of halogens is 3. The van der Waals surface area contributed by atoms with E-state index in [1.54, 1.807) is 23.0 Å². The number of anilines is 1. The summed E-state index contributed by atoms with van der Waals surface area (Å²) in [6, 6.07) is 3.01. The lowest BCUT2D eigenvalue weighted by molar-refractivity contribution is 0.466. The Morgan fingerprint density at radius 2 is 1.85 bits per heavy atom. The summed E-state index contributed by atoms with van der Waals surface area (Å²) in [5.41, 5.74) is 6.22. The number of rotatable bonds is 2. The third kappa shape index (κ3) is 2.35. The van der Waals surface area contributed by atoms with E-state index in [2.05, 4.69) is 9.97 Å². The number of imidazole rings is 1. The monoisotopic (exact) mass is 328 g/mol. The largest absolute Gasteiger partial charge is 0.434 e. The van der Waals surface area contributed by atoms with E-state index in [0.717, 1.165) is 0 Å². The van der Waals surface area contributed by atoms with E-state index in [-0.39, 0.29) is 5.88 Å². The summed E-state index contributed by atoms with van der Waals surface area (Å²) >= 11 is 17.9. The van der Waals surface area contributed by atoms with Crippen molar-refractivity contribution in [1.29, 1.82) is 0 Å². The van der Waals surface area contributed by atoms with Gasteiger partial charge in [-0.05, 0) is 6.07 Å². The number of fused-ring (bicyclic) bond motifs is 1. The molecular weight excluding hydrogens is 323 g/mol. The Morgan fingerprint density at radius 1 is 1.10 bits per heavy atom. The zero-order chi connectivity index (χ0) is 14.3. The molecule has 0 saturated carbocycles. The van der Waals surface area contributed by atoms with Crippen molar-refractivity contribution in [3.05, 3.63) is 45.8 Å². The van der Waals surface area contributed by atoms with Gasteiger partial charge >= 0.3 is 0 Å². The third-order valence-corrected chi connectivity index (χ3v) is 3.56. The Bertz CT molecular complexity index is 803. The van der Waals surface area contributed by atoms with Gasteiger partial charge in [0.25, 0.3) is 5.88 Å². The first-order valence-corrected chi connectivity index (χ1v) is 6.59. The van der Waals surface area contributed by atoms with Gasteiger partial charge in [-0.1, -0.05) is 34.8 Å². The Morgan fingerprint density at radius 3 is 2.65 bits per heavy atom. The molecule has 3 aromatic rings. The molecule has 0 bridgehead atoms. The molecule has 0 saturated heterocycles. The first kappa shape index (κ1) is 13.3. The van der Waals surface area contributed by atoms with E-state index in [1.165, 1.54) is 12.1 Å². The molecule has 0 amide bonds. The van der Waals surface area contributed by atoms with E-state index < -0.39 is 0 Å². The van der Waals surface area contributed by atoms with Crippen molar-refractivity contribution in [2.45, 2.75) is 0 Å².